The molecule has 0 saturated heterocycles. The predicted octanol–water partition coefficient (Wildman–Crippen LogP) is 3.72. The number of hydrogen-bond donors (Lipinski definition) is 3. The third-order valence-electron chi connectivity index (χ3n) is 7.74. The highest BCUT2D eigenvalue weighted by Crippen LogP contribution is 2.54. The fourth-order valence-electron chi connectivity index (χ4n) is 6.11. The number of aromatic nitrogens is 2. The van der Waals surface area contributed by atoms with Crippen molar-refractivity contribution in [3.05, 3.63) is 29.6 Å². The van der Waals surface area contributed by atoms with Crippen LogP contribution in [0.2, 0.25) is 0 Å². The highest BCUT2D eigenvalue weighted by atomic mass is 16.5. The van der Waals surface area contributed by atoms with Crippen LogP contribution in [0, 0.1) is 0 Å². The van der Waals surface area contributed by atoms with E-state index in [1.807, 2.05) is 13.0 Å². The van der Waals surface area contributed by atoms with E-state index in [4.69, 9.17) is 25.9 Å². The average molecular weight is 466 g/mol. The van der Waals surface area contributed by atoms with Crippen molar-refractivity contribution in [3.8, 4) is 17.0 Å². The number of esters is 1. The lowest BCUT2D eigenvalue weighted by molar-refractivity contribution is -0.140. The number of nitrogens with one attached hydrogen (secondary N) is 1. The van der Waals surface area contributed by atoms with E-state index >= 15 is 0 Å². The number of fused-ring (bicyclic) bond motifs is 4. The molecule has 0 amide bonds. The molecule has 1 spiro atoms. The first-order valence-electron chi connectivity index (χ1n) is 12.6. The SMILES string of the molecule is CCOC(=O)CNc1c(O[C@H]2CC[C@@H](N)CC2)ccc2c1CC1(CCCC1)c1c(N)ncnc1-2. The molecule has 3 aliphatic rings. The highest BCUT2D eigenvalue weighted by Gasteiger charge is 2.44. The van der Waals surface area contributed by atoms with E-state index in [2.05, 4.69) is 16.4 Å². The average Bonchev–Trinajstić information content (AvgIpc) is 3.28. The highest BCUT2D eigenvalue weighted by molar-refractivity contribution is 5.85. The van der Waals surface area contributed by atoms with Gasteiger partial charge in [-0.25, -0.2) is 9.97 Å². The van der Waals surface area contributed by atoms with E-state index in [9.17, 15) is 4.79 Å². The van der Waals surface area contributed by atoms with Crippen LogP contribution < -0.4 is 21.5 Å². The molecular formula is C26H35N5O3. The summed E-state index contributed by atoms with van der Waals surface area (Å²) >= 11 is 0. The molecule has 5 rings (SSSR count). The van der Waals surface area contributed by atoms with Crippen molar-refractivity contribution in [2.45, 2.75) is 82.3 Å². The van der Waals surface area contributed by atoms with Gasteiger partial charge in [0.2, 0.25) is 0 Å². The van der Waals surface area contributed by atoms with E-state index in [0.29, 0.717) is 12.4 Å². The van der Waals surface area contributed by atoms with Gasteiger partial charge in [0, 0.05) is 22.6 Å². The first-order chi connectivity index (χ1) is 16.5. The van der Waals surface area contributed by atoms with Gasteiger partial charge in [-0.15, -0.1) is 0 Å². The number of nitrogens with zero attached hydrogens (tertiary/aromatic N) is 2. The van der Waals surface area contributed by atoms with Gasteiger partial charge in [0.15, 0.2) is 0 Å². The number of nitrogens with two attached hydrogens (primary N) is 2. The lowest BCUT2D eigenvalue weighted by Crippen LogP contribution is -2.33. The van der Waals surface area contributed by atoms with Gasteiger partial charge in [-0.3, -0.25) is 4.79 Å². The summed E-state index contributed by atoms with van der Waals surface area (Å²) in [7, 11) is 0. The summed E-state index contributed by atoms with van der Waals surface area (Å²) in [5.41, 5.74) is 17.5. The van der Waals surface area contributed by atoms with Gasteiger partial charge < -0.3 is 26.3 Å². The zero-order valence-corrected chi connectivity index (χ0v) is 19.9. The van der Waals surface area contributed by atoms with Crippen LogP contribution in [0.3, 0.4) is 0 Å². The van der Waals surface area contributed by atoms with Crippen LogP contribution in [0.15, 0.2) is 18.5 Å². The molecule has 182 valence electrons. The van der Waals surface area contributed by atoms with Crippen molar-refractivity contribution < 1.29 is 14.3 Å². The minimum Gasteiger partial charge on any atom is -0.488 e. The van der Waals surface area contributed by atoms with E-state index in [1.54, 1.807) is 6.33 Å². The van der Waals surface area contributed by atoms with Crippen molar-refractivity contribution in [1.82, 2.24) is 9.97 Å². The van der Waals surface area contributed by atoms with Gasteiger partial charge in [0.1, 0.15) is 24.4 Å². The summed E-state index contributed by atoms with van der Waals surface area (Å²) in [6.07, 6.45) is 10.7. The van der Waals surface area contributed by atoms with Gasteiger partial charge in [-0.2, -0.15) is 0 Å². The number of rotatable bonds is 6. The summed E-state index contributed by atoms with van der Waals surface area (Å²) in [6, 6.07) is 4.34. The molecule has 8 heteroatoms. The smallest absolute Gasteiger partial charge is 0.325 e. The lowest BCUT2D eigenvalue weighted by Gasteiger charge is -2.38. The third-order valence-corrected chi connectivity index (χ3v) is 7.74. The number of nitrogen functional groups attached to an aromatic ring is 1. The van der Waals surface area contributed by atoms with Crippen LogP contribution in [0.4, 0.5) is 11.5 Å². The predicted molar refractivity (Wildman–Crippen MR) is 132 cm³/mol. The fourth-order valence-corrected chi connectivity index (χ4v) is 6.11. The Balaban J connectivity index is 1.57. The van der Waals surface area contributed by atoms with E-state index in [-0.39, 0.29) is 30.1 Å². The maximum Gasteiger partial charge on any atom is 0.325 e. The van der Waals surface area contributed by atoms with E-state index in [1.165, 1.54) is 0 Å². The molecule has 8 nitrogen and oxygen atoms in total. The second kappa shape index (κ2) is 9.41. The molecule has 3 aliphatic carbocycles. The molecular weight excluding hydrogens is 430 g/mol. The van der Waals surface area contributed by atoms with Crippen LogP contribution in [-0.2, 0) is 21.4 Å². The van der Waals surface area contributed by atoms with Gasteiger partial charge >= 0.3 is 5.97 Å². The van der Waals surface area contributed by atoms with Crippen LogP contribution >= 0.6 is 0 Å². The van der Waals surface area contributed by atoms with Crippen LogP contribution in [0.1, 0.15) is 69.4 Å². The first kappa shape index (κ1) is 22.9. The zero-order valence-electron chi connectivity index (χ0n) is 19.9. The molecule has 34 heavy (non-hydrogen) atoms. The number of carbonyl (C=O) groups is 1. The van der Waals surface area contributed by atoms with E-state index in [0.717, 1.165) is 91.6 Å². The Morgan fingerprint density at radius 2 is 1.94 bits per heavy atom. The molecule has 0 unspecified atom stereocenters. The number of carbonyl (C=O) groups excluding carboxylic acids is 1. The van der Waals surface area contributed by atoms with Gasteiger partial charge in [0.25, 0.3) is 0 Å². The summed E-state index contributed by atoms with van der Waals surface area (Å²) in [5.74, 6) is 1.08. The number of anilines is 2. The zero-order chi connectivity index (χ0) is 23.7. The van der Waals surface area contributed by atoms with Gasteiger partial charge in [-0.05, 0) is 69.6 Å². The second-order valence-corrected chi connectivity index (χ2v) is 9.92. The topological polar surface area (TPSA) is 125 Å². The molecule has 1 aromatic carbocycles. The normalized spacial score (nSPS) is 22.6. The minimum absolute atomic E-state index is 0.0791. The fraction of sp³-hybridized carbons (Fsp3) is 0.577. The standard InChI is InChI=1S/C26H35N5O3/c1-2-33-21(32)14-29-23-19-13-26(11-3-4-12-26)22-24(30-15-31-25(22)28)18(19)9-10-20(23)34-17-7-5-16(27)6-8-17/h9-10,15-17,29H,2-8,11-14,27H2,1H3,(H2,28,30,31)/t16-,17+. The maximum absolute atomic E-state index is 12.2. The quantitative estimate of drug-likeness (QED) is 0.551. The Kier molecular flexibility index (Phi) is 6.34. The Hall–Kier alpha value is -2.87. The van der Waals surface area contributed by atoms with Gasteiger partial charge in [0.05, 0.1) is 24.1 Å². The summed E-state index contributed by atoms with van der Waals surface area (Å²) in [6.45, 7) is 2.25. The monoisotopic (exact) mass is 465 g/mol. The van der Waals surface area contributed by atoms with Crippen molar-refractivity contribution in [1.29, 1.82) is 0 Å². The van der Waals surface area contributed by atoms with Crippen LogP contribution in [0.5, 0.6) is 5.75 Å². The molecule has 0 atom stereocenters. The second-order valence-electron chi connectivity index (χ2n) is 9.92. The third kappa shape index (κ3) is 4.19. The molecule has 1 heterocycles. The largest absolute Gasteiger partial charge is 0.488 e. The maximum atomic E-state index is 12.2. The van der Waals surface area contributed by atoms with Crippen molar-refractivity contribution in [2.24, 2.45) is 5.73 Å². The molecule has 2 aromatic rings. The van der Waals surface area contributed by atoms with Gasteiger partial charge in [-0.1, -0.05) is 12.8 Å². The molecule has 0 aliphatic heterocycles. The van der Waals surface area contributed by atoms with Crippen molar-refractivity contribution >= 4 is 17.5 Å². The lowest BCUT2D eigenvalue weighted by atomic mass is 9.67. The Labute approximate surface area is 200 Å². The van der Waals surface area contributed by atoms with Crippen LogP contribution in [0.25, 0.3) is 11.3 Å². The molecule has 0 bridgehead atoms. The number of hydrogen-bond acceptors (Lipinski definition) is 8. The summed E-state index contributed by atoms with van der Waals surface area (Å²) < 4.78 is 11.7. The summed E-state index contributed by atoms with van der Waals surface area (Å²) in [5, 5.41) is 3.38. The molecule has 0 radical (unpaired) electrons. The molecule has 5 N–H and O–H groups in total. The Bertz CT molecular complexity index is 1060. The number of ether oxygens (including phenoxy) is 2. The van der Waals surface area contributed by atoms with Crippen molar-refractivity contribution in [2.75, 3.05) is 24.2 Å². The van der Waals surface area contributed by atoms with Crippen LogP contribution in [-0.4, -0.2) is 41.2 Å². The first-order valence-corrected chi connectivity index (χ1v) is 12.6. The Morgan fingerprint density at radius 3 is 2.68 bits per heavy atom. The molecule has 1 aromatic heterocycles. The Morgan fingerprint density at radius 1 is 1.18 bits per heavy atom. The van der Waals surface area contributed by atoms with E-state index < -0.39 is 0 Å². The van der Waals surface area contributed by atoms with Crippen molar-refractivity contribution in [3.63, 3.8) is 0 Å². The molecule has 2 fully saturated rings. The number of benzene rings is 1. The minimum atomic E-state index is -0.284. The summed E-state index contributed by atoms with van der Waals surface area (Å²) in [4.78, 5) is 21.3. The molecule has 2 saturated carbocycles.